The number of nitrogens with zero attached hydrogens (tertiary/aromatic N) is 1. The maximum absolute atomic E-state index is 12.5. The number of hydrogen-bond donors (Lipinski definition) is 1. The Morgan fingerprint density at radius 2 is 1.68 bits per heavy atom. The molecule has 4 nitrogen and oxygen atoms in total. The summed E-state index contributed by atoms with van der Waals surface area (Å²) in [5.74, 6) is 0.558. The van der Waals surface area contributed by atoms with E-state index < -0.39 is 0 Å². The average molecular weight is 338 g/mol. The zero-order valence-corrected chi connectivity index (χ0v) is 14.6. The number of para-hydroxylation sites is 1. The Labute approximate surface area is 149 Å². The van der Waals surface area contributed by atoms with Gasteiger partial charge in [0.05, 0.1) is 5.56 Å². The molecule has 2 aromatic carbocycles. The third kappa shape index (κ3) is 5.33. The van der Waals surface area contributed by atoms with E-state index in [0.29, 0.717) is 24.5 Å². The highest BCUT2D eigenvalue weighted by molar-refractivity contribution is 5.96. The molecule has 1 aliphatic rings. The first kappa shape index (κ1) is 17.5. The van der Waals surface area contributed by atoms with Crippen LogP contribution in [0.1, 0.15) is 35.2 Å². The van der Waals surface area contributed by atoms with Gasteiger partial charge in [0.1, 0.15) is 12.4 Å². The van der Waals surface area contributed by atoms with E-state index in [9.17, 15) is 4.79 Å². The second-order valence-corrected chi connectivity index (χ2v) is 6.42. The van der Waals surface area contributed by atoms with Gasteiger partial charge in [-0.05, 0) is 43.6 Å². The van der Waals surface area contributed by atoms with E-state index >= 15 is 0 Å². The Morgan fingerprint density at radius 3 is 2.48 bits per heavy atom. The Hall–Kier alpha value is -2.33. The first-order valence-corrected chi connectivity index (χ1v) is 9.09. The monoisotopic (exact) mass is 338 g/mol. The summed E-state index contributed by atoms with van der Waals surface area (Å²) in [7, 11) is 0. The van der Waals surface area contributed by atoms with Gasteiger partial charge in [-0.3, -0.25) is 9.69 Å². The fourth-order valence-corrected chi connectivity index (χ4v) is 3.12. The van der Waals surface area contributed by atoms with E-state index in [-0.39, 0.29) is 5.91 Å². The van der Waals surface area contributed by atoms with Crippen LogP contribution in [0.4, 0.5) is 0 Å². The molecule has 3 rings (SSSR count). The summed E-state index contributed by atoms with van der Waals surface area (Å²) in [5, 5.41) is 2.97. The molecule has 0 aromatic heterocycles. The van der Waals surface area contributed by atoms with Crippen LogP contribution in [-0.4, -0.2) is 37.0 Å². The second kappa shape index (κ2) is 9.23. The number of carbonyl (C=O) groups is 1. The maximum Gasteiger partial charge on any atom is 0.255 e. The summed E-state index contributed by atoms with van der Waals surface area (Å²) in [4.78, 5) is 14.9. The van der Waals surface area contributed by atoms with Crippen LogP contribution in [0.2, 0.25) is 0 Å². The normalized spacial score (nSPS) is 14.9. The van der Waals surface area contributed by atoms with Crippen molar-refractivity contribution in [3.8, 4) is 5.75 Å². The lowest BCUT2D eigenvalue weighted by molar-refractivity contribution is 0.0945. The Kier molecular flexibility index (Phi) is 6.46. The van der Waals surface area contributed by atoms with E-state index in [1.807, 2.05) is 54.6 Å². The molecule has 0 radical (unpaired) electrons. The average Bonchev–Trinajstić information content (AvgIpc) is 2.68. The molecule has 1 saturated heterocycles. The summed E-state index contributed by atoms with van der Waals surface area (Å²) in [6.07, 6.45) is 3.89. The molecule has 1 amide bonds. The molecule has 4 heteroatoms. The summed E-state index contributed by atoms with van der Waals surface area (Å²) in [5.41, 5.74) is 1.68. The molecule has 0 saturated carbocycles. The minimum Gasteiger partial charge on any atom is -0.491 e. The quantitative estimate of drug-likeness (QED) is 0.840. The number of hydrogen-bond acceptors (Lipinski definition) is 3. The number of likely N-dealkylation sites (tertiary alicyclic amines) is 1. The van der Waals surface area contributed by atoms with E-state index in [4.69, 9.17) is 4.74 Å². The molecule has 132 valence electrons. The lowest BCUT2D eigenvalue weighted by atomic mass is 10.1. The number of piperidine rings is 1. The Bertz CT molecular complexity index is 667. The zero-order valence-electron chi connectivity index (χ0n) is 14.6. The van der Waals surface area contributed by atoms with E-state index in [1.165, 1.54) is 19.3 Å². The zero-order chi connectivity index (χ0) is 17.3. The summed E-state index contributed by atoms with van der Waals surface area (Å²) in [6.45, 7) is 4.36. The van der Waals surface area contributed by atoms with Gasteiger partial charge >= 0.3 is 0 Å². The van der Waals surface area contributed by atoms with Crippen molar-refractivity contribution in [2.45, 2.75) is 25.8 Å². The molecule has 2 aromatic rings. The highest BCUT2D eigenvalue weighted by atomic mass is 16.5. The number of carbonyl (C=O) groups excluding carboxylic acids is 1. The molecular weight excluding hydrogens is 312 g/mol. The van der Waals surface area contributed by atoms with Crippen molar-refractivity contribution in [2.24, 2.45) is 0 Å². The summed E-state index contributed by atoms with van der Waals surface area (Å²) >= 11 is 0. The van der Waals surface area contributed by atoms with Crippen molar-refractivity contribution < 1.29 is 9.53 Å². The third-order valence-electron chi connectivity index (χ3n) is 4.54. The van der Waals surface area contributed by atoms with Gasteiger partial charge in [-0.15, -0.1) is 0 Å². The molecule has 0 atom stereocenters. The molecule has 0 spiro atoms. The number of amides is 1. The highest BCUT2D eigenvalue weighted by Gasteiger charge is 2.13. The maximum atomic E-state index is 12.5. The van der Waals surface area contributed by atoms with Crippen LogP contribution in [0.3, 0.4) is 0 Å². The van der Waals surface area contributed by atoms with Gasteiger partial charge in [0.15, 0.2) is 0 Å². The fraction of sp³-hybridized carbons (Fsp3) is 0.381. The standard InChI is InChI=1S/C21H26N2O2/c24-21(22-17-18-9-3-1-4-10-18)19-11-5-6-12-20(19)25-16-15-23-13-7-2-8-14-23/h1,3-6,9-12H,2,7-8,13-17H2,(H,22,24). The van der Waals surface area contributed by atoms with Gasteiger partial charge in [0, 0.05) is 13.1 Å². The first-order valence-electron chi connectivity index (χ1n) is 9.09. The predicted octanol–water partition coefficient (Wildman–Crippen LogP) is 3.48. The molecule has 25 heavy (non-hydrogen) atoms. The van der Waals surface area contributed by atoms with Crippen LogP contribution in [0, 0.1) is 0 Å². The Morgan fingerprint density at radius 1 is 0.960 bits per heavy atom. The van der Waals surface area contributed by atoms with Gasteiger partial charge in [-0.1, -0.05) is 48.9 Å². The highest BCUT2D eigenvalue weighted by Crippen LogP contribution is 2.18. The van der Waals surface area contributed by atoms with Gasteiger partial charge < -0.3 is 10.1 Å². The molecule has 1 aliphatic heterocycles. The topological polar surface area (TPSA) is 41.6 Å². The SMILES string of the molecule is O=C(NCc1ccccc1)c1ccccc1OCCN1CCCCC1. The van der Waals surface area contributed by atoms with Crippen LogP contribution in [0.15, 0.2) is 54.6 Å². The number of nitrogens with one attached hydrogen (secondary N) is 1. The molecular formula is C21H26N2O2. The van der Waals surface area contributed by atoms with Crippen molar-refractivity contribution in [2.75, 3.05) is 26.2 Å². The number of ether oxygens (including phenoxy) is 1. The van der Waals surface area contributed by atoms with Gasteiger partial charge in [-0.2, -0.15) is 0 Å². The molecule has 0 bridgehead atoms. The van der Waals surface area contributed by atoms with Crippen molar-refractivity contribution >= 4 is 5.91 Å². The summed E-state index contributed by atoms with van der Waals surface area (Å²) in [6, 6.07) is 17.4. The molecule has 0 aliphatic carbocycles. The molecule has 1 heterocycles. The van der Waals surface area contributed by atoms with Crippen molar-refractivity contribution in [3.63, 3.8) is 0 Å². The van der Waals surface area contributed by atoms with Crippen LogP contribution in [0.25, 0.3) is 0 Å². The number of rotatable bonds is 7. The fourth-order valence-electron chi connectivity index (χ4n) is 3.12. The minimum absolute atomic E-state index is 0.0996. The summed E-state index contributed by atoms with van der Waals surface area (Å²) < 4.78 is 5.91. The first-order chi connectivity index (χ1) is 12.3. The smallest absolute Gasteiger partial charge is 0.255 e. The van der Waals surface area contributed by atoms with E-state index in [2.05, 4.69) is 10.2 Å². The second-order valence-electron chi connectivity index (χ2n) is 6.42. The predicted molar refractivity (Wildman–Crippen MR) is 99.8 cm³/mol. The van der Waals surface area contributed by atoms with Crippen LogP contribution < -0.4 is 10.1 Å². The molecule has 1 fully saturated rings. The van der Waals surface area contributed by atoms with Gasteiger partial charge in [0.2, 0.25) is 0 Å². The van der Waals surface area contributed by atoms with Crippen LogP contribution >= 0.6 is 0 Å². The van der Waals surface area contributed by atoms with Gasteiger partial charge in [0.25, 0.3) is 5.91 Å². The lowest BCUT2D eigenvalue weighted by Crippen LogP contribution is -2.33. The Balaban J connectivity index is 1.53. The van der Waals surface area contributed by atoms with Crippen LogP contribution in [-0.2, 0) is 6.54 Å². The minimum atomic E-state index is -0.0996. The third-order valence-corrected chi connectivity index (χ3v) is 4.54. The van der Waals surface area contributed by atoms with E-state index in [0.717, 1.165) is 25.2 Å². The van der Waals surface area contributed by atoms with E-state index in [1.54, 1.807) is 0 Å². The van der Waals surface area contributed by atoms with Crippen LogP contribution in [0.5, 0.6) is 5.75 Å². The lowest BCUT2D eigenvalue weighted by Gasteiger charge is -2.26. The van der Waals surface area contributed by atoms with Gasteiger partial charge in [-0.25, -0.2) is 0 Å². The van der Waals surface area contributed by atoms with Crippen molar-refractivity contribution in [1.82, 2.24) is 10.2 Å². The molecule has 0 unspecified atom stereocenters. The molecule has 1 N–H and O–H groups in total. The largest absolute Gasteiger partial charge is 0.491 e. The van der Waals surface area contributed by atoms with Crippen molar-refractivity contribution in [3.05, 3.63) is 65.7 Å². The van der Waals surface area contributed by atoms with Crippen molar-refractivity contribution in [1.29, 1.82) is 0 Å². The number of benzene rings is 2.